The van der Waals surface area contributed by atoms with Crippen LogP contribution < -0.4 is 5.32 Å². The summed E-state index contributed by atoms with van der Waals surface area (Å²) in [6.45, 7) is 10.4. The number of unbranched alkanes of at least 4 members (excludes halogenated alkanes) is 1. The Morgan fingerprint density at radius 3 is 2.78 bits per heavy atom. The molecule has 7 nitrogen and oxygen atoms in total. The predicted molar refractivity (Wildman–Crippen MR) is 129 cm³/mol. The summed E-state index contributed by atoms with van der Waals surface area (Å²) in [5, 5.41) is 12.3. The number of thiazole rings is 1. The molecule has 174 valence electrons. The van der Waals surface area contributed by atoms with Crippen molar-refractivity contribution < 1.29 is 9.21 Å². The smallest absolute Gasteiger partial charge is 0.229 e. The van der Waals surface area contributed by atoms with Gasteiger partial charge in [0.2, 0.25) is 11.8 Å². The lowest BCUT2D eigenvalue weighted by molar-refractivity contribution is -0.121. The molecule has 2 aromatic rings. The van der Waals surface area contributed by atoms with Crippen LogP contribution in [-0.2, 0) is 16.0 Å². The number of aromatic nitrogens is 2. The largest absolute Gasteiger partial charge is 0.444 e. The summed E-state index contributed by atoms with van der Waals surface area (Å²) >= 11 is 3.10. The molecule has 3 rings (SSSR count). The Morgan fingerprint density at radius 2 is 2.12 bits per heavy atom. The number of hydrogen-bond acceptors (Lipinski definition) is 8. The molecule has 1 fully saturated rings. The van der Waals surface area contributed by atoms with Crippen molar-refractivity contribution in [3.8, 4) is 6.07 Å². The van der Waals surface area contributed by atoms with Gasteiger partial charge in [-0.1, -0.05) is 32.1 Å². The minimum absolute atomic E-state index is 0.0284. The highest BCUT2D eigenvalue weighted by Crippen LogP contribution is 2.32. The number of nitrogens with zero attached hydrogens (tertiary/aromatic N) is 4. The van der Waals surface area contributed by atoms with Gasteiger partial charge in [0.25, 0.3) is 0 Å². The summed E-state index contributed by atoms with van der Waals surface area (Å²) in [6, 6.07) is 2.68. The molecule has 1 aliphatic rings. The van der Waals surface area contributed by atoms with Crippen LogP contribution in [0.3, 0.4) is 0 Å². The quantitative estimate of drug-likeness (QED) is 0.380. The molecule has 3 heterocycles. The Bertz CT molecular complexity index is 919. The normalized spacial score (nSPS) is 16.6. The number of piperidine rings is 1. The molecular formula is C23H33N5O2S2. The topological polar surface area (TPSA) is 95.1 Å². The summed E-state index contributed by atoms with van der Waals surface area (Å²) in [5.41, 5.74) is -0.0521. The number of hydrogen-bond donors (Lipinski definition) is 1. The highest BCUT2D eigenvalue weighted by molar-refractivity contribution is 8.00. The summed E-state index contributed by atoms with van der Waals surface area (Å²) < 4.78 is 6.86. The van der Waals surface area contributed by atoms with Gasteiger partial charge in [-0.25, -0.2) is 9.97 Å². The fraction of sp³-hybridized carbons (Fsp3) is 0.652. The molecule has 0 aromatic carbocycles. The highest BCUT2D eigenvalue weighted by Gasteiger charge is 2.27. The van der Waals surface area contributed by atoms with Gasteiger partial charge in [-0.3, -0.25) is 4.79 Å². The number of nitrogens with one attached hydrogen (secondary N) is 1. The molecule has 1 amide bonds. The molecule has 0 saturated carbocycles. The minimum Gasteiger partial charge on any atom is -0.444 e. The molecule has 1 N–H and O–H groups in total. The van der Waals surface area contributed by atoms with E-state index in [0.717, 1.165) is 48.7 Å². The predicted octanol–water partition coefficient (Wildman–Crippen LogP) is 5.45. The standard InChI is InChI=1S/C23H33N5O2S2/c1-16(7-5-6-10-24)28-11-8-17(9-12-28)21(29)27-22-26-14-20(32-22)31-15-19-25-13-18(30-19)23(2,3)4/h13-14,16-17H,5-9,11-12,15H2,1-4H3,(H,26,27,29). The van der Waals surface area contributed by atoms with Gasteiger partial charge in [0.1, 0.15) is 5.76 Å². The second-order valence-corrected chi connectivity index (χ2v) is 11.6. The molecule has 1 aliphatic heterocycles. The maximum Gasteiger partial charge on any atom is 0.229 e. The number of likely N-dealkylation sites (tertiary alicyclic amines) is 1. The van der Waals surface area contributed by atoms with Gasteiger partial charge < -0.3 is 14.6 Å². The van der Waals surface area contributed by atoms with Crippen molar-refractivity contribution >= 4 is 34.1 Å². The molecule has 1 atom stereocenters. The van der Waals surface area contributed by atoms with E-state index < -0.39 is 0 Å². The van der Waals surface area contributed by atoms with E-state index in [4.69, 9.17) is 9.68 Å². The third-order valence-corrected chi connectivity index (χ3v) is 7.87. The summed E-state index contributed by atoms with van der Waals surface area (Å²) in [4.78, 5) is 23.9. The third-order valence-electron chi connectivity index (χ3n) is 5.78. The van der Waals surface area contributed by atoms with Gasteiger partial charge in [0.15, 0.2) is 5.13 Å². The number of rotatable bonds is 9. The van der Waals surface area contributed by atoms with Crippen molar-refractivity contribution in [3.05, 3.63) is 24.0 Å². The van der Waals surface area contributed by atoms with E-state index in [9.17, 15) is 4.79 Å². The first-order valence-electron chi connectivity index (χ1n) is 11.2. The van der Waals surface area contributed by atoms with Crippen molar-refractivity contribution in [2.24, 2.45) is 5.92 Å². The Balaban J connectivity index is 1.42. The van der Waals surface area contributed by atoms with Crippen LogP contribution in [0.1, 0.15) is 71.5 Å². The van der Waals surface area contributed by atoms with Crippen molar-refractivity contribution in [2.75, 3.05) is 18.4 Å². The number of carbonyl (C=O) groups is 1. The third kappa shape index (κ3) is 7.06. The number of nitriles is 1. The average molecular weight is 476 g/mol. The van der Waals surface area contributed by atoms with Crippen LogP contribution in [0.2, 0.25) is 0 Å². The van der Waals surface area contributed by atoms with Crippen LogP contribution in [0.25, 0.3) is 0 Å². The van der Waals surface area contributed by atoms with E-state index >= 15 is 0 Å². The monoisotopic (exact) mass is 475 g/mol. The van der Waals surface area contributed by atoms with Gasteiger partial charge in [0.05, 0.1) is 28.4 Å². The molecule has 0 aliphatic carbocycles. The van der Waals surface area contributed by atoms with Crippen molar-refractivity contribution in [1.29, 1.82) is 5.26 Å². The number of oxazole rings is 1. The lowest BCUT2D eigenvalue weighted by Gasteiger charge is -2.35. The van der Waals surface area contributed by atoms with Crippen LogP contribution >= 0.6 is 23.1 Å². The van der Waals surface area contributed by atoms with Crippen LogP contribution in [0.4, 0.5) is 5.13 Å². The van der Waals surface area contributed by atoms with Crippen LogP contribution in [0, 0.1) is 17.2 Å². The van der Waals surface area contributed by atoms with E-state index in [1.807, 2.05) is 0 Å². The van der Waals surface area contributed by atoms with Crippen molar-refractivity contribution in [1.82, 2.24) is 14.9 Å². The fourth-order valence-electron chi connectivity index (χ4n) is 3.71. The van der Waals surface area contributed by atoms with Gasteiger partial charge in [0, 0.05) is 23.8 Å². The number of carbonyl (C=O) groups excluding carboxylic acids is 1. The molecule has 32 heavy (non-hydrogen) atoms. The Kier molecular flexibility index (Phi) is 8.74. The minimum atomic E-state index is -0.0521. The molecule has 0 bridgehead atoms. The van der Waals surface area contributed by atoms with Gasteiger partial charge in [-0.2, -0.15) is 5.26 Å². The fourth-order valence-corrected chi connectivity index (χ4v) is 5.44. The second kappa shape index (κ2) is 11.3. The summed E-state index contributed by atoms with van der Waals surface area (Å²) in [7, 11) is 0. The SMILES string of the molecule is CC(CCCC#N)N1CCC(C(=O)Nc2ncc(SCc3ncc(C(C)(C)C)o3)s2)CC1. The van der Waals surface area contributed by atoms with E-state index in [-0.39, 0.29) is 17.2 Å². The van der Waals surface area contributed by atoms with Crippen LogP contribution in [0.15, 0.2) is 21.0 Å². The molecule has 0 radical (unpaired) electrons. The van der Waals surface area contributed by atoms with E-state index in [1.165, 1.54) is 11.3 Å². The van der Waals surface area contributed by atoms with Crippen LogP contribution in [-0.4, -0.2) is 39.9 Å². The molecule has 9 heteroatoms. The first-order chi connectivity index (χ1) is 15.3. The first-order valence-corrected chi connectivity index (χ1v) is 13.0. The van der Waals surface area contributed by atoms with E-state index in [2.05, 4.69) is 53.9 Å². The molecule has 1 unspecified atom stereocenters. The Labute approximate surface area is 199 Å². The van der Waals surface area contributed by atoms with E-state index in [1.54, 1.807) is 24.2 Å². The van der Waals surface area contributed by atoms with E-state index in [0.29, 0.717) is 29.2 Å². The summed E-state index contributed by atoms with van der Waals surface area (Å²) in [6.07, 6.45) is 7.92. The van der Waals surface area contributed by atoms with Crippen molar-refractivity contribution in [2.45, 2.75) is 81.2 Å². The van der Waals surface area contributed by atoms with Gasteiger partial charge in [-0.15, -0.1) is 11.8 Å². The molecule has 0 spiro atoms. The zero-order valence-electron chi connectivity index (χ0n) is 19.4. The maximum absolute atomic E-state index is 12.7. The maximum atomic E-state index is 12.7. The second-order valence-electron chi connectivity index (χ2n) is 9.34. The zero-order valence-corrected chi connectivity index (χ0v) is 21.0. The Hall–Kier alpha value is -1.89. The van der Waals surface area contributed by atoms with Gasteiger partial charge in [-0.05, 0) is 45.7 Å². The lowest BCUT2D eigenvalue weighted by Crippen LogP contribution is -2.42. The molecule has 2 aromatic heterocycles. The number of anilines is 1. The highest BCUT2D eigenvalue weighted by atomic mass is 32.2. The van der Waals surface area contributed by atoms with Gasteiger partial charge >= 0.3 is 0 Å². The zero-order chi connectivity index (χ0) is 23.1. The average Bonchev–Trinajstić information content (AvgIpc) is 3.42. The number of thioether (sulfide) groups is 1. The lowest BCUT2D eigenvalue weighted by atomic mass is 9.94. The molecule has 1 saturated heterocycles. The Morgan fingerprint density at radius 1 is 1.38 bits per heavy atom. The van der Waals surface area contributed by atoms with Crippen LogP contribution in [0.5, 0.6) is 0 Å². The summed E-state index contributed by atoms with van der Waals surface area (Å²) in [5.74, 6) is 2.31. The first kappa shape index (κ1) is 24.7. The molecular weight excluding hydrogens is 442 g/mol. The van der Waals surface area contributed by atoms with Crippen molar-refractivity contribution in [3.63, 3.8) is 0 Å². The number of amides is 1.